The summed E-state index contributed by atoms with van der Waals surface area (Å²) in [5.41, 5.74) is -5.29. The molecule has 1 aromatic carbocycles. The molecule has 17 nitrogen and oxygen atoms in total. The lowest BCUT2D eigenvalue weighted by atomic mass is 9.45. The van der Waals surface area contributed by atoms with Crippen molar-refractivity contribution in [3.8, 4) is 0 Å². The lowest BCUT2D eigenvalue weighted by Gasteiger charge is -2.68. The molecule has 0 radical (unpaired) electrons. The van der Waals surface area contributed by atoms with Crippen LogP contribution in [0.3, 0.4) is 0 Å². The predicted octanol–water partition coefficient (Wildman–Crippen LogP) is 3.34. The van der Waals surface area contributed by atoms with E-state index in [0.717, 1.165) is 13.0 Å². The number of hydrogen-bond donors (Lipinski definition) is 4. The van der Waals surface area contributed by atoms with Gasteiger partial charge in [0.1, 0.15) is 35.6 Å². The number of alkyl carbamates (subject to hydrolysis) is 1. The molecule has 1 amide bonds. The third-order valence-corrected chi connectivity index (χ3v) is 15.3. The van der Waals surface area contributed by atoms with Gasteiger partial charge in [0.15, 0.2) is 18.0 Å². The van der Waals surface area contributed by atoms with Gasteiger partial charge in [-0.2, -0.15) is 0 Å². The first-order chi connectivity index (χ1) is 30.1. The van der Waals surface area contributed by atoms with Crippen LogP contribution >= 0.6 is 0 Å². The van der Waals surface area contributed by atoms with Gasteiger partial charge in [0.05, 0.1) is 42.9 Å². The monoisotopic (exact) mass is 898 g/mol. The number of ether oxygens (including phenoxy) is 8. The summed E-state index contributed by atoms with van der Waals surface area (Å²) in [7, 11) is 0. The van der Waals surface area contributed by atoms with Crippen LogP contribution in [0.25, 0.3) is 0 Å². The Labute approximate surface area is 374 Å². The highest BCUT2D eigenvalue weighted by atomic mass is 16.7. The zero-order chi connectivity index (χ0) is 46.1. The third-order valence-electron chi connectivity index (χ3n) is 15.3. The summed E-state index contributed by atoms with van der Waals surface area (Å²) < 4.78 is 50.9. The quantitative estimate of drug-likeness (QED) is 0.142. The number of fused-ring (bicyclic) bond motifs is 8. The summed E-state index contributed by atoms with van der Waals surface area (Å²) in [5.74, 6) is -3.35. The van der Waals surface area contributed by atoms with Crippen LogP contribution in [0, 0.1) is 16.7 Å². The SMILES string of the molecule is CC(=O)O[C@@]12CO[C@@H]1CC[C@@]1(C)[C@@H]3O[C@H](CN4CC[C@H]4CO)O[C@@H]3C3=C(C)[C@@H](OC(=O)[C@H](O)[C@@H](NC(=O)OC(C)(C)C)C4CCCO4)C[C@@](O)([C@@H](OC(=O)c4ccccc4)[C@@H]12)C3(C)C. The van der Waals surface area contributed by atoms with Gasteiger partial charge >= 0.3 is 24.0 Å². The molecule has 3 aliphatic carbocycles. The Morgan fingerprint density at radius 3 is 2.34 bits per heavy atom. The van der Waals surface area contributed by atoms with E-state index < -0.39 is 113 Å². The van der Waals surface area contributed by atoms with Gasteiger partial charge in [0.25, 0.3) is 0 Å². The average molecular weight is 899 g/mol. The normalized spacial score (nSPS) is 38.6. The molecule has 4 aliphatic heterocycles. The zero-order valence-electron chi connectivity index (χ0n) is 38.2. The standard InChI is InChI=1S/C47H66N2O15/c1-25-30(59-41(54)35(52)34(29-15-12-20-57-29)48-42(55)64-43(3,4)5)21-47(56)39(62-40(53)27-13-10-9-11-14-27)37-45(8,18-16-31-46(37,24-58-31)63-26(2)51)38-36(33(25)44(47,6)7)60-32(61-38)22-49-19-17-28(49)23-50/h9-11,13-14,28-32,34-39,50,52,56H,12,15-24H2,1-8H3,(H,48,55)/t28-,29?,30-,31+,32+,34-,35+,36+,37-,38+,39-,45+,46-,47+/m0/s1. The van der Waals surface area contributed by atoms with E-state index in [4.69, 9.17) is 37.9 Å². The van der Waals surface area contributed by atoms with E-state index in [9.17, 15) is 34.5 Å². The second-order valence-corrected chi connectivity index (χ2v) is 20.7. The molecule has 17 heteroatoms. The van der Waals surface area contributed by atoms with Crippen molar-refractivity contribution in [2.75, 3.05) is 32.9 Å². The number of nitrogens with zero attached hydrogens (tertiary/aromatic N) is 1. The van der Waals surface area contributed by atoms with Gasteiger partial charge in [-0.3, -0.25) is 9.69 Å². The number of aliphatic hydroxyl groups is 3. The van der Waals surface area contributed by atoms with Gasteiger partial charge < -0.3 is 58.5 Å². The Bertz CT molecular complexity index is 1980. The van der Waals surface area contributed by atoms with Crippen LogP contribution in [0.5, 0.6) is 0 Å². The average Bonchev–Trinajstić information content (AvgIpc) is 3.89. The van der Waals surface area contributed by atoms with Gasteiger partial charge in [0.2, 0.25) is 0 Å². The van der Waals surface area contributed by atoms with Crippen molar-refractivity contribution in [3.63, 3.8) is 0 Å². The van der Waals surface area contributed by atoms with Crippen molar-refractivity contribution in [1.29, 1.82) is 0 Å². The predicted molar refractivity (Wildman–Crippen MR) is 225 cm³/mol. The molecule has 354 valence electrons. The van der Waals surface area contributed by atoms with Crippen LogP contribution in [0.4, 0.5) is 4.79 Å². The lowest BCUT2D eigenvalue weighted by molar-refractivity contribution is -0.345. The summed E-state index contributed by atoms with van der Waals surface area (Å²) >= 11 is 0. The molecular weight excluding hydrogens is 833 g/mol. The Morgan fingerprint density at radius 1 is 1.02 bits per heavy atom. The first-order valence-corrected chi connectivity index (χ1v) is 22.8. The summed E-state index contributed by atoms with van der Waals surface area (Å²) in [6, 6.07) is 7.10. The maximum absolute atomic E-state index is 14.5. The molecule has 2 saturated carbocycles. The van der Waals surface area contributed by atoms with Crippen LogP contribution in [0.15, 0.2) is 41.5 Å². The van der Waals surface area contributed by atoms with Crippen molar-refractivity contribution < 1.29 is 72.4 Å². The van der Waals surface area contributed by atoms with E-state index in [1.807, 2.05) is 20.8 Å². The lowest BCUT2D eigenvalue weighted by Crippen LogP contribution is -2.79. The van der Waals surface area contributed by atoms with Crippen molar-refractivity contribution in [2.45, 2.75) is 172 Å². The highest BCUT2D eigenvalue weighted by molar-refractivity contribution is 5.89. The number of carbonyl (C=O) groups excluding carboxylic acids is 4. The van der Waals surface area contributed by atoms with Crippen LogP contribution in [0.1, 0.15) is 104 Å². The zero-order valence-corrected chi connectivity index (χ0v) is 38.2. The van der Waals surface area contributed by atoms with Crippen LogP contribution < -0.4 is 5.32 Å². The van der Waals surface area contributed by atoms with Gasteiger partial charge in [0, 0.05) is 49.9 Å². The number of hydrogen-bond acceptors (Lipinski definition) is 16. The van der Waals surface area contributed by atoms with Gasteiger partial charge in [-0.05, 0) is 83.1 Å². The molecular formula is C47H66N2O15. The number of aliphatic hydroxyl groups excluding tert-OH is 2. The summed E-state index contributed by atoms with van der Waals surface area (Å²) in [6.45, 7) is 15.3. The molecule has 1 unspecified atom stereocenters. The second kappa shape index (κ2) is 17.2. The third kappa shape index (κ3) is 8.05. The molecule has 2 bridgehead atoms. The van der Waals surface area contributed by atoms with Crippen LogP contribution in [-0.2, 0) is 47.5 Å². The van der Waals surface area contributed by atoms with Crippen LogP contribution in [0.2, 0.25) is 0 Å². The molecule has 6 fully saturated rings. The van der Waals surface area contributed by atoms with E-state index in [2.05, 4.69) is 10.2 Å². The highest BCUT2D eigenvalue weighted by Crippen LogP contribution is 2.66. The fraction of sp³-hybridized carbons (Fsp3) is 0.745. The first-order valence-electron chi connectivity index (χ1n) is 22.8. The Morgan fingerprint density at radius 2 is 1.75 bits per heavy atom. The Hall–Kier alpha value is -3.68. The van der Waals surface area contributed by atoms with E-state index in [-0.39, 0.29) is 31.2 Å². The summed E-state index contributed by atoms with van der Waals surface area (Å²) in [5, 5.41) is 38.4. The van der Waals surface area contributed by atoms with Gasteiger partial charge in [-0.1, -0.05) is 39.0 Å². The topological polar surface area (TPSA) is 218 Å². The van der Waals surface area contributed by atoms with E-state index >= 15 is 0 Å². The van der Waals surface area contributed by atoms with Crippen molar-refractivity contribution in [2.24, 2.45) is 16.7 Å². The number of rotatable bonds is 11. The van der Waals surface area contributed by atoms with Gasteiger partial charge in [-0.15, -0.1) is 0 Å². The molecule has 14 atom stereocenters. The van der Waals surface area contributed by atoms with E-state index in [0.29, 0.717) is 50.0 Å². The number of carbonyl (C=O) groups is 4. The molecule has 4 saturated heterocycles. The number of nitrogens with one attached hydrogen (secondary N) is 1. The number of esters is 3. The maximum atomic E-state index is 14.5. The summed E-state index contributed by atoms with van der Waals surface area (Å²) in [4.78, 5) is 57.2. The Balaban J connectivity index is 1.25. The molecule has 4 N–H and O–H groups in total. The molecule has 4 heterocycles. The number of likely N-dealkylation sites (tertiary alicyclic amines) is 1. The number of benzene rings is 1. The molecule has 64 heavy (non-hydrogen) atoms. The molecule has 0 aromatic heterocycles. The minimum atomic E-state index is -2.08. The van der Waals surface area contributed by atoms with Crippen molar-refractivity contribution >= 4 is 24.0 Å². The smallest absolute Gasteiger partial charge is 0.408 e. The first kappa shape index (κ1) is 46.8. The maximum Gasteiger partial charge on any atom is 0.408 e. The fourth-order valence-corrected chi connectivity index (χ4v) is 12.0. The van der Waals surface area contributed by atoms with Gasteiger partial charge in [-0.25, -0.2) is 14.4 Å². The highest BCUT2D eigenvalue weighted by Gasteiger charge is 2.77. The largest absolute Gasteiger partial charge is 0.456 e. The molecule has 7 aliphatic rings. The number of amides is 1. The minimum absolute atomic E-state index is 0.0234. The molecule has 0 spiro atoms. The van der Waals surface area contributed by atoms with Crippen LogP contribution in [-0.4, -0.2) is 155 Å². The molecule has 1 aromatic rings. The van der Waals surface area contributed by atoms with E-state index in [1.165, 1.54) is 6.92 Å². The minimum Gasteiger partial charge on any atom is -0.456 e. The van der Waals surface area contributed by atoms with Crippen molar-refractivity contribution in [3.05, 3.63) is 47.0 Å². The van der Waals surface area contributed by atoms with E-state index in [1.54, 1.807) is 58.0 Å². The summed E-state index contributed by atoms with van der Waals surface area (Å²) in [6.07, 6.45) is -6.68. The fourth-order valence-electron chi connectivity index (χ4n) is 12.0. The molecule has 8 rings (SSSR count). The van der Waals surface area contributed by atoms with Crippen molar-refractivity contribution in [1.82, 2.24) is 10.2 Å². The Kier molecular flexibility index (Phi) is 12.6. The second-order valence-electron chi connectivity index (χ2n) is 20.7.